The molecule has 2 heterocycles. The molecule has 2 atom stereocenters. The predicted molar refractivity (Wildman–Crippen MR) is 189 cm³/mol. The van der Waals surface area contributed by atoms with Crippen LogP contribution in [0.1, 0.15) is 34.3 Å². The first-order chi connectivity index (χ1) is 20.5. The zero-order valence-electron chi connectivity index (χ0n) is 23.3. The van der Waals surface area contributed by atoms with Gasteiger partial charge in [0.05, 0.1) is 23.5 Å². The van der Waals surface area contributed by atoms with Crippen LogP contribution in [0.3, 0.4) is 0 Å². The third-order valence-electron chi connectivity index (χ3n) is 7.37. The highest BCUT2D eigenvalue weighted by molar-refractivity contribution is 8.76. The Labute approximate surface area is 275 Å². The molecule has 2 aliphatic heterocycles. The molecule has 0 aromatic heterocycles. The van der Waals surface area contributed by atoms with Gasteiger partial charge in [-0.3, -0.25) is 0 Å². The molecule has 0 spiro atoms. The Morgan fingerprint density at radius 1 is 0.619 bits per heavy atom. The topological polar surface area (TPSA) is 30.5 Å². The van der Waals surface area contributed by atoms with Crippen molar-refractivity contribution in [2.75, 3.05) is 47.3 Å². The molecule has 0 aliphatic carbocycles. The summed E-state index contributed by atoms with van der Waals surface area (Å²) in [6.07, 6.45) is 0. The zero-order chi connectivity index (χ0) is 29.1. The van der Waals surface area contributed by atoms with Crippen molar-refractivity contribution in [3.05, 3.63) is 117 Å². The van der Waals surface area contributed by atoms with Crippen molar-refractivity contribution in [2.24, 2.45) is 0 Å². The van der Waals surface area contributed by atoms with Crippen molar-refractivity contribution in [2.45, 2.75) is 21.9 Å². The highest BCUT2D eigenvalue weighted by Crippen LogP contribution is 2.45. The quantitative estimate of drug-likeness (QED) is 0.103. The monoisotopic (exact) mass is 670 g/mol. The van der Waals surface area contributed by atoms with Crippen LogP contribution in [-0.4, -0.2) is 38.7 Å². The van der Waals surface area contributed by atoms with Crippen LogP contribution in [0.5, 0.6) is 0 Å². The van der Waals surface area contributed by atoms with Crippen LogP contribution >= 0.6 is 68.7 Å². The van der Waals surface area contributed by atoms with Gasteiger partial charge in [-0.2, -0.15) is 0 Å². The zero-order valence-corrected chi connectivity index (χ0v) is 28.1. The number of nitrogens with one attached hydrogen (secondary N) is 2. The first-order valence-electron chi connectivity index (χ1n) is 13.8. The molecular weight excluding hydrogens is 640 g/mol. The fourth-order valence-corrected chi connectivity index (χ4v) is 9.84. The van der Waals surface area contributed by atoms with E-state index < -0.39 is 0 Å². The predicted octanol–water partition coefficient (Wildman–Crippen LogP) is 9.35. The van der Waals surface area contributed by atoms with E-state index in [0.717, 1.165) is 34.6 Å². The third kappa shape index (κ3) is 6.71. The minimum atomic E-state index is 0.123. The van der Waals surface area contributed by atoms with Gasteiger partial charge in [-0.05, 0) is 82.5 Å². The Hall–Kier alpha value is -1.62. The van der Waals surface area contributed by atoms with E-state index in [-0.39, 0.29) is 12.1 Å². The van der Waals surface area contributed by atoms with Crippen LogP contribution < -0.4 is 19.2 Å². The largest absolute Gasteiger partial charge is 0.315 e. The van der Waals surface area contributed by atoms with Crippen molar-refractivity contribution >= 4 is 80.1 Å². The fourth-order valence-electron chi connectivity index (χ4n) is 5.46. The first-order valence-corrected chi connectivity index (χ1v) is 18.6. The third-order valence-corrected chi connectivity index (χ3v) is 12.3. The van der Waals surface area contributed by atoms with Crippen LogP contribution in [0.4, 0.5) is 11.4 Å². The Balaban J connectivity index is 1.04. The number of para-hydroxylation sites is 2. The van der Waals surface area contributed by atoms with Crippen molar-refractivity contribution < 1.29 is 0 Å². The van der Waals surface area contributed by atoms with E-state index in [1.165, 1.54) is 43.4 Å². The summed E-state index contributed by atoms with van der Waals surface area (Å²) in [5, 5.41) is 9.22. The molecule has 2 aliphatic rings. The molecule has 4 nitrogen and oxygen atoms in total. The molecular formula is C32H32Cl2N4S4. The fraction of sp³-hybridized carbons (Fsp3) is 0.250. The molecule has 2 N–H and O–H groups in total. The van der Waals surface area contributed by atoms with Gasteiger partial charge in [-0.15, -0.1) is 0 Å². The number of halogens is 2. The molecule has 0 saturated carbocycles. The van der Waals surface area contributed by atoms with Gasteiger partial charge in [0.2, 0.25) is 0 Å². The van der Waals surface area contributed by atoms with E-state index in [4.69, 9.17) is 23.2 Å². The summed E-state index contributed by atoms with van der Waals surface area (Å²) in [6, 6.07) is 30.0. The number of hydrogen-bond donors (Lipinski definition) is 2. The molecule has 4 aromatic rings. The van der Waals surface area contributed by atoms with Gasteiger partial charge in [0.25, 0.3) is 0 Å². The molecule has 10 heteroatoms. The minimum Gasteiger partial charge on any atom is -0.315 e. The highest BCUT2D eigenvalue weighted by Gasteiger charge is 2.27. The smallest absolute Gasteiger partial charge is 0.0609 e. The lowest BCUT2D eigenvalue weighted by molar-refractivity contribution is 0.627. The highest BCUT2D eigenvalue weighted by atomic mass is 35.5. The SMILES string of the molecule is CN1Sc2cc(Cl)ccc2C(NCCSSCCNC2c3ccc(Cl)cc3SN(C)c3ccccc32)c2ccccc21. The molecule has 218 valence electrons. The molecule has 0 fully saturated rings. The second-order valence-electron chi connectivity index (χ2n) is 10.1. The van der Waals surface area contributed by atoms with E-state index >= 15 is 0 Å². The van der Waals surface area contributed by atoms with Crippen molar-refractivity contribution in [1.29, 1.82) is 0 Å². The van der Waals surface area contributed by atoms with Crippen molar-refractivity contribution in [1.82, 2.24) is 10.6 Å². The summed E-state index contributed by atoms with van der Waals surface area (Å²) in [4.78, 5) is 2.39. The molecule has 0 radical (unpaired) electrons. The van der Waals surface area contributed by atoms with Gasteiger partial charge in [-0.25, -0.2) is 0 Å². The maximum absolute atomic E-state index is 6.37. The number of fused-ring (bicyclic) bond motifs is 4. The number of rotatable bonds is 9. The summed E-state index contributed by atoms with van der Waals surface area (Å²) in [6.45, 7) is 1.82. The number of anilines is 2. The molecule has 2 unspecified atom stereocenters. The van der Waals surface area contributed by atoms with Gasteiger partial charge < -0.3 is 19.2 Å². The van der Waals surface area contributed by atoms with E-state index in [1.807, 2.05) is 33.7 Å². The molecule has 42 heavy (non-hydrogen) atoms. The number of benzene rings is 4. The summed E-state index contributed by atoms with van der Waals surface area (Å²) < 4.78 is 4.47. The lowest BCUT2D eigenvalue weighted by atomic mass is 9.97. The van der Waals surface area contributed by atoms with E-state index in [2.05, 4.69) is 106 Å². The first kappa shape index (κ1) is 30.4. The average molecular weight is 672 g/mol. The second-order valence-corrected chi connectivity index (χ2v) is 16.0. The van der Waals surface area contributed by atoms with Crippen molar-refractivity contribution in [3.8, 4) is 0 Å². The number of hydrogen-bond acceptors (Lipinski definition) is 8. The Morgan fingerprint density at radius 2 is 1.05 bits per heavy atom. The van der Waals surface area contributed by atoms with Gasteiger partial charge in [0.15, 0.2) is 0 Å². The molecule has 0 bridgehead atoms. The van der Waals surface area contributed by atoms with E-state index in [0.29, 0.717) is 0 Å². The Bertz CT molecular complexity index is 1440. The van der Waals surface area contributed by atoms with Gasteiger partial charge in [-0.1, -0.05) is 93.3 Å². The molecule has 6 rings (SSSR count). The van der Waals surface area contributed by atoms with E-state index in [9.17, 15) is 0 Å². The summed E-state index contributed by atoms with van der Waals surface area (Å²) in [5.41, 5.74) is 7.60. The standard InChI is InChI=1S/C32H32Cl2N4S4/c1-37-27-9-5-3-7-23(27)31(25-13-11-21(33)19-29(25)41-37)35-15-17-39-40-18-16-36-32-24-8-4-6-10-28(24)38(2)42-30-20-22(34)12-14-26(30)32/h3-14,19-20,31-32,35-36H,15-18H2,1-2H3. The Morgan fingerprint density at radius 3 is 1.50 bits per heavy atom. The second kappa shape index (κ2) is 14.0. The molecule has 4 aromatic carbocycles. The summed E-state index contributed by atoms with van der Waals surface area (Å²) >= 11 is 16.2. The molecule has 0 amide bonds. The number of nitrogens with zero attached hydrogens (tertiary/aromatic N) is 2. The van der Waals surface area contributed by atoms with Gasteiger partial charge in [0, 0.05) is 58.5 Å². The van der Waals surface area contributed by atoms with Crippen LogP contribution in [-0.2, 0) is 0 Å². The van der Waals surface area contributed by atoms with Crippen LogP contribution in [0.25, 0.3) is 0 Å². The summed E-state index contributed by atoms with van der Waals surface area (Å²) in [7, 11) is 8.09. The van der Waals surface area contributed by atoms with Crippen molar-refractivity contribution in [3.63, 3.8) is 0 Å². The lowest BCUT2D eigenvalue weighted by Crippen LogP contribution is -2.26. The minimum absolute atomic E-state index is 0.123. The van der Waals surface area contributed by atoms with Crippen LogP contribution in [0.15, 0.2) is 94.7 Å². The van der Waals surface area contributed by atoms with Gasteiger partial charge >= 0.3 is 0 Å². The average Bonchev–Trinajstić information content (AvgIpc) is 3.18. The molecule has 0 saturated heterocycles. The summed E-state index contributed by atoms with van der Waals surface area (Å²) in [5.74, 6) is 2.04. The maximum atomic E-state index is 6.37. The van der Waals surface area contributed by atoms with E-state index in [1.54, 1.807) is 23.9 Å². The normalized spacial score (nSPS) is 17.5. The maximum Gasteiger partial charge on any atom is 0.0609 e. The lowest BCUT2D eigenvalue weighted by Gasteiger charge is -2.22. The van der Waals surface area contributed by atoms with Crippen LogP contribution in [0, 0.1) is 0 Å². The van der Waals surface area contributed by atoms with Crippen LogP contribution in [0.2, 0.25) is 10.0 Å². The Kier molecular flexibility index (Phi) is 10.1. The van der Waals surface area contributed by atoms with Gasteiger partial charge in [0.1, 0.15) is 0 Å².